The van der Waals surface area contributed by atoms with Gasteiger partial charge < -0.3 is 4.42 Å². The molecule has 0 spiro atoms. The topological polar surface area (TPSA) is 60.9 Å². The van der Waals surface area contributed by atoms with E-state index in [1.165, 1.54) is 17.3 Å². The molecule has 0 amide bonds. The van der Waals surface area contributed by atoms with Crippen LogP contribution in [0.1, 0.15) is 17.9 Å². The van der Waals surface area contributed by atoms with E-state index in [9.17, 15) is 4.79 Å². The summed E-state index contributed by atoms with van der Waals surface area (Å²) in [5.74, 6) is 1.14. The average Bonchev–Trinajstić information content (AvgIpc) is 3.23. The van der Waals surface area contributed by atoms with Gasteiger partial charge in [0.25, 0.3) is 5.56 Å². The maximum atomic E-state index is 13.2. The Labute approximate surface area is 183 Å². The first kappa shape index (κ1) is 19.6. The quantitative estimate of drug-likeness (QED) is 0.255. The van der Waals surface area contributed by atoms with Gasteiger partial charge in [0, 0.05) is 6.54 Å². The Hall–Kier alpha value is -3.38. The van der Waals surface area contributed by atoms with Gasteiger partial charge in [-0.1, -0.05) is 66.4 Å². The summed E-state index contributed by atoms with van der Waals surface area (Å²) in [5, 5.41) is 1.34. The fraction of sp³-hybridized carbons (Fsp3) is 0.160. The van der Waals surface area contributed by atoms with Crippen molar-refractivity contribution in [3.05, 3.63) is 101 Å². The largest absolute Gasteiger partial charge is 0.440 e. The highest BCUT2D eigenvalue weighted by atomic mass is 32.2. The molecular formula is C25H21N3O2S. The van der Waals surface area contributed by atoms with Crippen molar-refractivity contribution in [2.45, 2.75) is 30.3 Å². The van der Waals surface area contributed by atoms with Crippen molar-refractivity contribution in [2.24, 2.45) is 0 Å². The summed E-state index contributed by atoms with van der Waals surface area (Å²) in [6.45, 7) is 0.613. The molecule has 5 nitrogen and oxygen atoms in total. The highest BCUT2D eigenvalue weighted by molar-refractivity contribution is 7.98. The van der Waals surface area contributed by atoms with Gasteiger partial charge in [-0.25, -0.2) is 9.97 Å². The molecule has 0 saturated carbocycles. The zero-order valence-electron chi connectivity index (χ0n) is 16.9. The first-order valence-corrected chi connectivity index (χ1v) is 11.3. The Morgan fingerprint density at radius 2 is 1.58 bits per heavy atom. The molecule has 154 valence electrons. The number of aromatic nitrogens is 3. The smallest absolute Gasteiger partial charge is 0.262 e. The number of para-hydroxylation sites is 3. The van der Waals surface area contributed by atoms with Crippen LogP contribution in [0.2, 0.25) is 0 Å². The molecule has 0 fully saturated rings. The maximum Gasteiger partial charge on any atom is 0.262 e. The van der Waals surface area contributed by atoms with E-state index in [-0.39, 0.29) is 5.56 Å². The number of hydrogen-bond donors (Lipinski definition) is 0. The van der Waals surface area contributed by atoms with E-state index >= 15 is 0 Å². The molecule has 0 aliphatic rings. The minimum atomic E-state index is -0.00118. The molecule has 0 atom stereocenters. The van der Waals surface area contributed by atoms with Crippen molar-refractivity contribution in [3.63, 3.8) is 0 Å². The molecule has 6 heteroatoms. The molecule has 0 N–H and O–H groups in total. The molecule has 2 aromatic heterocycles. The van der Waals surface area contributed by atoms with Gasteiger partial charge >= 0.3 is 0 Å². The maximum absolute atomic E-state index is 13.2. The van der Waals surface area contributed by atoms with Crippen LogP contribution in [-0.4, -0.2) is 14.5 Å². The van der Waals surface area contributed by atoms with Crippen LogP contribution in [0, 0.1) is 0 Å². The Morgan fingerprint density at radius 1 is 0.839 bits per heavy atom. The van der Waals surface area contributed by atoms with Crippen molar-refractivity contribution < 1.29 is 4.42 Å². The third-order valence-corrected chi connectivity index (χ3v) is 6.14. The lowest BCUT2D eigenvalue weighted by atomic mass is 10.1. The summed E-state index contributed by atoms with van der Waals surface area (Å²) in [6, 6.07) is 25.6. The fourth-order valence-electron chi connectivity index (χ4n) is 3.65. The third kappa shape index (κ3) is 4.25. The normalized spacial score (nSPS) is 11.4. The number of rotatable bonds is 7. The first-order chi connectivity index (χ1) is 15.3. The van der Waals surface area contributed by atoms with Gasteiger partial charge in [0.1, 0.15) is 5.52 Å². The standard InChI is InChI=1S/C25H21N3O2S/c29-24-19-12-4-5-13-20(19)27-25(28(24)16-8-11-18-9-2-1-3-10-18)31-17-23-26-21-14-6-7-15-22(21)30-23/h1-7,9-10,12-15H,8,11,16-17H2. The Balaban J connectivity index is 1.42. The van der Waals surface area contributed by atoms with Crippen molar-refractivity contribution in [2.75, 3.05) is 0 Å². The Bertz CT molecular complexity index is 1360. The molecule has 0 radical (unpaired) electrons. The summed E-state index contributed by atoms with van der Waals surface area (Å²) in [7, 11) is 0. The summed E-state index contributed by atoms with van der Waals surface area (Å²) >= 11 is 1.49. The van der Waals surface area contributed by atoms with E-state index in [4.69, 9.17) is 9.40 Å². The number of thioether (sulfide) groups is 1. The van der Waals surface area contributed by atoms with E-state index in [0.29, 0.717) is 34.2 Å². The van der Waals surface area contributed by atoms with Gasteiger partial charge in [0.2, 0.25) is 5.89 Å². The zero-order valence-corrected chi connectivity index (χ0v) is 17.7. The second-order valence-corrected chi connectivity index (χ2v) is 8.26. The van der Waals surface area contributed by atoms with Crippen LogP contribution in [-0.2, 0) is 18.7 Å². The molecule has 0 bridgehead atoms. The first-order valence-electron chi connectivity index (χ1n) is 10.3. The van der Waals surface area contributed by atoms with Gasteiger partial charge in [-0.05, 0) is 42.7 Å². The lowest BCUT2D eigenvalue weighted by Gasteiger charge is -2.12. The second-order valence-electron chi connectivity index (χ2n) is 7.32. The van der Waals surface area contributed by atoms with Crippen LogP contribution in [0.3, 0.4) is 0 Å². The highest BCUT2D eigenvalue weighted by Crippen LogP contribution is 2.24. The number of fused-ring (bicyclic) bond motifs is 2. The van der Waals surface area contributed by atoms with Gasteiger partial charge in [0.15, 0.2) is 10.7 Å². The molecule has 0 aliphatic carbocycles. The summed E-state index contributed by atoms with van der Waals surface area (Å²) in [5.41, 5.74) is 3.59. The number of benzene rings is 3. The molecule has 5 aromatic rings. The highest BCUT2D eigenvalue weighted by Gasteiger charge is 2.13. The van der Waals surface area contributed by atoms with Crippen molar-refractivity contribution in [3.8, 4) is 0 Å². The zero-order chi connectivity index (χ0) is 21.0. The average molecular weight is 428 g/mol. The van der Waals surface area contributed by atoms with Crippen molar-refractivity contribution in [1.82, 2.24) is 14.5 Å². The van der Waals surface area contributed by atoms with Crippen LogP contribution in [0.5, 0.6) is 0 Å². The SMILES string of the molecule is O=c1c2ccccc2nc(SCc2nc3ccccc3o2)n1CCCc1ccccc1. The molecule has 0 unspecified atom stereocenters. The second kappa shape index (κ2) is 8.78. The Morgan fingerprint density at radius 3 is 2.42 bits per heavy atom. The van der Waals surface area contributed by atoms with Gasteiger partial charge in [0.05, 0.1) is 16.7 Å². The predicted molar refractivity (Wildman–Crippen MR) is 124 cm³/mol. The van der Waals surface area contributed by atoms with E-state index < -0.39 is 0 Å². The van der Waals surface area contributed by atoms with Crippen LogP contribution < -0.4 is 5.56 Å². The summed E-state index contributed by atoms with van der Waals surface area (Å²) < 4.78 is 7.63. The molecule has 31 heavy (non-hydrogen) atoms. The molecular weight excluding hydrogens is 406 g/mol. The molecule has 5 rings (SSSR count). The monoisotopic (exact) mass is 427 g/mol. The lowest BCUT2D eigenvalue weighted by molar-refractivity contribution is 0.550. The Kier molecular flexibility index (Phi) is 5.54. The predicted octanol–water partition coefficient (Wildman–Crippen LogP) is 5.46. The number of oxazole rings is 1. The lowest BCUT2D eigenvalue weighted by Crippen LogP contribution is -2.23. The van der Waals surface area contributed by atoms with Crippen LogP contribution in [0.25, 0.3) is 22.0 Å². The van der Waals surface area contributed by atoms with E-state index in [0.717, 1.165) is 23.9 Å². The molecule has 3 aromatic carbocycles. The minimum Gasteiger partial charge on any atom is -0.440 e. The number of hydrogen-bond acceptors (Lipinski definition) is 5. The van der Waals surface area contributed by atoms with Crippen molar-refractivity contribution in [1.29, 1.82) is 0 Å². The molecule has 0 aliphatic heterocycles. The van der Waals surface area contributed by atoms with Gasteiger partial charge in [-0.3, -0.25) is 9.36 Å². The van der Waals surface area contributed by atoms with Crippen LogP contribution in [0.4, 0.5) is 0 Å². The minimum absolute atomic E-state index is 0.00118. The summed E-state index contributed by atoms with van der Waals surface area (Å²) in [6.07, 6.45) is 1.77. The number of nitrogens with zero attached hydrogens (tertiary/aromatic N) is 3. The van der Waals surface area contributed by atoms with Gasteiger partial charge in [-0.15, -0.1) is 0 Å². The fourth-order valence-corrected chi connectivity index (χ4v) is 4.52. The number of aryl methyl sites for hydroxylation is 1. The molecule has 2 heterocycles. The van der Waals surface area contributed by atoms with Gasteiger partial charge in [-0.2, -0.15) is 0 Å². The van der Waals surface area contributed by atoms with Crippen LogP contribution >= 0.6 is 11.8 Å². The van der Waals surface area contributed by atoms with E-state index in [1.54, 1.807) is 4.57 Å². The third-order valence-electron chi connectivity index (χ3n) is 5.18. The van der Waals surface area contributed by atoms with Crippen LogP contribution in [0.15, 0.2) is 93.2 Å². The van der Waals surface area contributed by atoms with Crippen molar-refractivity contribution >= 4 is 33.8 Å². The molecule has 0 saturated heterocycles. The van der Waals surface area contributed by atoms with E-state index in [1.807, 2.05) is 66.7 Å². The van der Waals surface area contributed by atoms with E-state index in [2.05, 4.69) is 17.1 Å². The summed E-state index contributed by atoms with van der Waals surface area (Å²) in [4.78, 5) is 22.5.